The molecule has 204 valence electrons. The number of halogens is 1. The van der Waals surface area contributed by atoms with Gasteiger partial charge in [0.05, 0.1) is 24.7 Å². The van der Waals surface area contributed by atoms with Gasteiger partial charge in [0.15, 0.2) is 5.60 Å². The van der Waals surface area contributed by atoms with E-state index in [0.717, 1.165) is 5.57 Å². The van der Waals surface area contributed by atoms with Crippen LogP contribution in [0.4, 0.5) is 4.39 Å². The Labute approximate surface area is 216 Å². The maximum absolute atomic E-state index is 13.2. The number of fused-ring (bicyclic) bond motifs is 1. The fourth-order valence-corrected chi connectivity index (χ4v) is 5.21. The number of benzene rings is 1. The Balaban J connectivity index is 1.71. The van der Waals surface area contributed by atoms with Crippen LogP contribution in [-0.4, -0.2) is 62.4 Å². The number of carbonyl (C=O) groups is 2. The highest BCUT2D eigenvalue weighted by Crippen LogP contribution is 2.44. The van der Waals surface area contributed by atoms with Gasteiger partial charge in [0.2, 0.25) is 0 Å². The number of ether oxygens (including phenoxy) is 2. The molecule has 0 spiro atoms. The van der Waals surface area contributed by atoms with E-state index in [1.165, 1.54) is 24.3 Å². The first-order chi connectivity index (χ1) is 17.4. The molecular weight excluding hydrogens is 483 g/mol. The maximum Gasteiger partial charge on any atom is 0.350 e. The number of hydrogen-bond acceptors (Lipinski definition) is 7. The lowest BCUT2D eigenvalue weighted by Crippen LogP contribution is -2.47. The lowest BCUT2D eigenvalue weighted by atomic mass is 9.66. The summed E-state index contributed by atoms with van der Waals surface area (Å²) in [4.78, 5) is 24.0. The Hall–Kier alpha value is -2.75. The highest BCUT2D eigenvalue weighted by molar-refractivity contribution is 5.79. The molecule has 1 aromatic rings. The standard InChI is InChI=1S/C28H37FO8/c1-16-4-5-17-12-20(31)14-24(26(17)23(16)11-8-19(30)13-21(32)15-25(33)34)36-27(35)28(2,3)37-22-9-6-18(29)7-10-22/h4-7,9-10,12,16,19-21,23-24,26,30-32H,8,11,13-15H2,1-3H3,(H,33,34). The van der Waals surface area contributed by atoms with E-state index in [1.807, 2.05) is 19.1 Å². The van der Waals surface area contributed by atoms with Crippen molar-refractivity contribution < 1.29 is 43.9 Å². The smallest absolute Gasteiger partial charge is 0.350 e. The number of rotatable bonds is 11. The van der Waals surface area contributed by atoms with Crippen LogP contribution in [0.2, 0.25) is 0 Å². The van der Waals surface area contributed by atoms with Crippen molar-refractivity contribution in [1.29, 1.82) is 0 Å². The van der Waals surface area contributed by atoms with Crippen molar-refractivity contribution in [2.24, 2.45) is 17.8 Å². The van der Waals surface area contributed by atoms with Gasteiger partial charge in [0.1, 0.15) is 17.7 Å². The first kappa shape index (κ1) is 28.8. The summed E-state index contributed by atoms with van der Waals surface area (Å²) in [5.41, 5.74) is -0.510. The van der Waals surface area contributed by atoms with Crippen molar-refractivity contribution in [2.45, 2.75) is 82.9 Å². The molecule has 3 rings (SSSR count). The first-order valence-corrected chi connectivity index (χ1v) is 12.7. The van der Waals surface area contributed by atoms with Crippen LogP contribution in [0.25, 0.3) is 0 Å². The molecule has 0 radical (unpaired) electrons. The maximum atomic E-state index is 13.2. The average molecular weight is 521 g/mol. The Morgan fingerprint density at radius 1 is 1.16 bits per heavy atom. The van der Waals surface area contributed by atoms with Gasteiger partial charge in [0, 0.05) is 12.3 Å². The Morgan fingerprint density at radius 2 is 1.84 bits per heavy atom. The number of aliphatic carboxylic acids is 1. The van der Waals surface area contributed by atoms with E-state index in [0.29, 0.717) is 18.6 Å². The number of hydrogen-bond donors (Lipinski definition) is 4. The number of carboxylic acid groups (broad SMARTS) is 1. The summed E-state index contributed by atoms with van der Waals surface area (Å²) < 4.78 is 25.0. The van der Waals surface area contributed by atoms with Gasteiger partial charge in [-0.2, -0.15) is 0 Å². The second-order valence-electron chi connectivity index (χ2n) is 10.6. The molecule has 9 heteroatoms. The molecule has 0 saturated heterocycles. The van der Waals surface area contributed by atoms with Crippen molar-refractivity contribution in [1.82, 2.24) is 0 Å². The van der Waals surface area contributed by atoms with Gasteiger partial charge in [-0.3, -0.25) is 4.79 Å². The van der Waals surface area contributed by atoms with Crippen molar-refractivity contribution in [3.63, 3.8) is 0 Å². The number of esters is 1. The van der Waals surface area contributed by atoms with E-state index in [9.17, 15) is 29.3 Å². The second-order valence-corrected chi connectivity index (χ2v) is 10.6. The van der Waals surface area contributed by atoms with Crippen LogP contribution in [-0.2, 0) is 14.3 Å². The zero-order valence-corrected chi connectivity index (χ0v) is 21.4. The topological polar surface area (TPSA) is 134 Å². The lowest BCUT2D eigenvalue weighted by Gasteiger charge is -2.43. The molecule has 0 fully saturated rings. The molecule has 1 aromatic carbocycles. The van der Waals surface area contributed by atoms with E-state index in [-0.39, 0.29) is 30.6 Å². The Kier molecular flexibility index (Phi) is 9.50. The van der Waals surface area contributed by atoms with Crippen LogP contribution in [0.15, 0.2) is 48.1 Å². The number of allylic oxidation sites excluding steroid dienone is 2. The SMILES string of the molecule is CC1C=CC2=CC(O)CC(OC(=O)C(C)(C)Oc3ccc(F)cc3)C2C1CCC(O)CC(O)CC(=O)O. The van der Waals surface area contributed by atoms with Crippen molar-refractivity contribution in [3.8, 4) is 5.75 Å². The van der Waals surface area contributed by atoms with Gasteiger partial charge in [-0.25, -0.2) is 9.18 Å². The number of aliphatic hydroxyl groups is 3. The largest absolute Gasteiger partial charge is 0.481 e. The number of aliphatic hydroxyl groups excluding tert-OH is 3. The minimum Gasteiger partial charge on any atom is -0.481 e. The van der Waals surface area contributed by atoms with Crippen LogP contribution in [0.3, 0.4) is 0 Å². The summed E-state index contributed by atoms with van der Waals surface area (Å²) in [7, 11) is 0. The Morgan fingerprint density at radius 3 is 2.49 bits per heavy atom. The molecule has 0 aromatic heterocycles. The van der Waals surface area contributed by atoms with Gasteiger partial charge in [0.25, 0.3) is 0 Å². The summed E-state index contributed by atoms with van der Waals surface area (Å²) >= 11 is 0. The van der Waals surface area contributed by atoms with Crippen LogP contribution in [0.5, 0.6) is 5.75 Å². The molecule has 8 nitrogen and oxygen atoms in total. The molecule has 7 unspecified atom stereocenters. The summed E-state index contributed by atoms with van der Waals surface area (Å²) in [5.74, 6) is -1.99. The van der Waals surface area contributed by atoms with Gasteiger partial charge in [-0.1, -0.05) is 25.2 Å². The quantitative estimate of drug-likeness (QED) is 0.326. The van der Waals surface area contributed by atoms with Crippen LogP contribution in [0, 0.1) is 23.6 Å². The fraction of sp³-hybridized carbons (Fsp3) is 0.571. The molecule has 0 amide bonds. The molecule has 0 aliphatic heterocycles. The zero-order chi connectivity index (χ0) is 27.3. The predicted molar refractivity (Wildman–Crippen MR) is 133 cm³/mol. The molecule has 0 saturated carbocycles. The van der Waals surface area contributed by atoms with E-state index in [1.54, 1.807) is 19.9 Å². The molecular formula is C28H37FO8. The summed E-state index contributed by atoms with van der Waals surface area (Å²) in [6, 6.07) is 5.33. The van der Waals surface area contributed by atoms with Gasteiger partial charge in [-0.05, 0) is 74.8 Å². The van der Waals surface area contributed by atoms with E-state index in [2.05, 4.69) is 0 Å². The third-order valence-corrected chi connectivity index (χ3v) is 7.10. The van der Waals surface area contributed by atoms with Crippen LogP contribution >= 0.6 is 0 Å². The molecule has 37 heavy (non-hydrogen) atoms. The van der Waals surface area contributed by atoms with Crippen molar-refractivity contribution >= 4 is 11.9 Å². The molecule has 2 aliphatic rings. The second kappa shape index (κ2) is 12.2. The van der Waals surface area contributed by atoms with Crippen LogP contribution in [0.1, 0.15) is 52.9 Å². The third kappa shape index (κ3) is 7.87. The summed E-state index contributed by atoms with van der Waals surface area (Å²) in [5, 5.41) is 39.5. The predicted octanol–water partition coefficient (Wildman–Crippen LogP) is 3.39. The minimum atomic E-state index is -1.37. The fourth-order valence-electron chi connectivity index (χ4n) is 5.21. The van der Waals surface area contributed by atoms with E-state index < -0.39 is 54.2 Å². The highest BCUT2D eigenvalue weighted by atomic mass is 19.1. The lowest BCUT2D eigenvalue weighted by molar-refractivity contribution is -0.170. The molecule has 2 aliphatic carbocycles. The van der Waals surface area contributed by atoms with Gasteiger partial charge < -0.3 is 29.9 Å². The Bertz CT molecular complexity index is 1000. The average Bonchev–Trinajstić information content (AvgIpc) is 2.79. The van der Waals surface area contributed by atoms with Crippen molar-refractivity contribution in [3.05, 3.63) is 53.9 Å². The summed E-state index contributed by atoms with van der Waals surface area (Å²) in [6.45, 7) is 5.16. The van der Waals surface area contributed by atoms with E-state index >= 15 is 0 Å². The normalized spacial score (nSPS) is 27.0. The monoisotopic (exact) mass is 520 g/mol. The molecule has 4 N–H and O–H groups in total. The number of carboxylic acids is 1. The van der Waals surface area contributed by atoms with Gasteiger partial charge >= 0.3 is 11.9 Å². The molecule has 0 heterocycles. The summed E-state index contributed by atoms with van der Waals surface area (Å²) in [6.07, 6.45) is 2.92. The van der Waals surface area contributed by atoms with Gasteiger partial charge in [-0.15, -0.1) is 0 Å². The highest BCUT2D eigenvalue weighted by Gasteiger charge is 2.44. The molecule has 7 atom stereocenters. The number of carbonyl (C=O) groups excluding carboxylic acids is 1. The van der Waals surface area contributed by atoms with E-state index in [4.69, 9.17) is 14.6 Å². The third-order valence-electron chi connectivity index (χ3n) is 7.10. The minimum absolute atomic E-state index is 0.0195. The zero-order valence-electron chi connectivity index (χ0n) is 21.4. The first-order valence-electron chi connectivity index (χ1n) is 12.7. The van der Waals surface area contributed by atoms with Crippen molar-refractivity contribution in [2.75, 3.05) is 0 Å². The molecule has 0 bridgehead atoms. The van der Waals surface area contributed by atoms with Crippen LogP contribution < -0.4 is 4.74 Å².